The Balaban J connectivity index is -0.000000201. The summed E-state index contributed by atoms with van der Waals surface area (Å²) in [5, 5.41) is 15.1. The van der Waals surface area contributed by atoms with E-state index in [0.29, 0.717) is 6.61 Å². The van der Waals surface area contributed by atoms with Crippen molar-refractivity contribution in [2.75, 3.05) is 13.2 Å². The third kappa shape index (κ3) is 39.3. The number of nitrogens with zero attached hydrogens (tertiary/aromatic N) is 1. The second kappa shape index (κ2) is 23.3. The van der Waals surface area contributed by atoms with Gasteiger partial charge in [-0.2, -0.15) is 5.26 Å². The molecule has 0 radical (unpaired) electrons. The topological polar surface area (TPSA) is 70.3 Å². The highest BCUT2D eigenvalue weighted by Gasteiger charge is 1.91. The zero-order valence-electron chi connectivity index (χ0n) is 10.1. The van der Waals surface area contributed by atoms with E-state index in [1.165, 1.54) is 12.2 Å². The summed E-state index contributed by atoms with van der Waals surface area (Å²) in [4.78, 5) is 10.3. The summed E-state index contributed by atoms with van der Waals surface area (Å²) in [7, 11) is 0. The molecule has 0 aliphatic rings. The van der Waals surface area contributed by atoms with Crippen LogP contribution in [0.4, 0.5) is 0 Å². The van der Waals surface area contributed by atoms with Crippen LogP contribution < -0.4 is 0 Å². The quantitative estimate of drug-likeness (QED) is 0.346. The van der Waals surface area contributed by atoms with Gasteiger partial charge < -0.3 is 9.84 Å². The molecule has 0 unspecified atom stereocenters. The van der Waals surface area contributed by atoms with Crippen LogP contribution in [0, 0.1) is 11.3 Å². The van der Waals surface area contributed by atoms with E-state index in [1.54, 1.807) is 13.0 Å². The fourth-order valence-corrected chi connectivity index (χ4v) is 0.376. The van der Waals surface area contributed by atoms with Crippen LogP contribution in [-0.4, -0.2) is 24.3 Å². The molecule has 0 rings (SSSR count). The number of allylic oxidation sites excluding steroid dienone is 1. The Kier molecular flexibility index (Phi) is 29.0. The first kappa shape index (κ1) is 19.9. The highest BCUT2D eigenvalue weighted by atomic mass is 16.5. The lowest BCUT2D eigenvalue weighted by molar-refractivity contribution is -0.137. The molecule has 0 atom stereocenters. The van der Waals surface area contributed by atoms with Gasteiger partial charge in [0.15, 0.2) is 0 Å². The second-order valence-corrected chi connectivity index (χ2v) is 2.37. The van der Waals surface area contributed by atoms with Gasteiger partial charge in [-0.1, -0.05) is 26.5 Å². The van der Waals surface area contributed by atoms with E-state index < -0.39 is 0 Å². The Hall–Kier alpha value is -1.60. The zero-order chi connectivity index (χ0) is 13.2. The number of carbonyl (C=O) groups excluding carboxylic acids is 1. The van der Waals surface area contributed by atoms with Crippen LogP contribution in [-0.2, 0) is 9.53 Å². The van der Waals surface area contributed by atoms with Crippen molar-refractivity contribution in [3.05, 3.63) is 25.3 Å². The van der Waals surface area contributed by atoms with Gasteiger partial charge in [0, 0.05) is 18.8 Å². The van der Waals surface area contributed by atoms with Gasteiger partial charge in [-0.25, -0.2) is 4.79 Å². The van der Waals surface area contributed by atoms with Crippen LogP contribution in [0.5, 0.6) is 0 Å². The molecule has 4 heteroatoms. The molecule has 0 aliphatic carbocycles. The van der Waals surface area contributed by atoms with E-state index in [4.69, 9.17) is 10.4 Å². The van der Waals surface area contributed by atoms with Gasteiger partial charge in [0.1, 0.15) is 0 Å². The number of aliphatic hydroxyl groups is 1. The maximum absolute atomic E-state index is 10.3. The van der Waals surface area contributed by atoms with Gasteiger partial charge in [-0.3, -0.25) is 0 Å². The highest BCUT2D eigenvalue weighted by Crippen LogP contribution is 1.88. The summed E-state index contributed by atoms with van der Waals surface area (Å²) in [6.45, 7) is 10.9. The molecular formula is C12H21NO3. The lowest BCUT2D eigenvalue weighted by Crippen LogP contribution is -2.00. The van der Waals surface area contributed by atoms with Gasteiger partial charge in [0.05, 0.1) is 12.7 Å². The number of nitriles is 1. The standard InChI is InChI=1S/C7H12O2.C3H3N.C2H6O/c1-3-5-6-9-7(8)4-2;1-2-3-4;1-2-3/h4H,2-3,5-6H2,1H3;2H,1H2;3H,2H2,1H3. The predicted octanol–water partition coefficient (Wildman–Crippen LogP) is 2.21. The average molecular weight is 227 g/mol. The number of hydrogen-bond donors (Lipinski definition) is 1. The second-order valence-electron chi connectivity index (χ2n) is 2.37. The van der Waals surface area contributed by atoms with Crippen LogP contribution in [0.3, 0.4) is 0 Å². The smallest absolute Gasteiger partial charge is 0.330 e. The summed E-state index contributed by atoms with van der Waals surface area (Å²) < 4.78 is 4.67. The molecule has 0 spiro atoms. The minimum atomic E-state index is -0.330. The Morgan fingerprint density at radius 2 is 1.94 bits per heavy atom. The molecule has 92 valence electrons. The SMILES string of the molecule is C=CC#N.C=CC(=O)OCCCC.CCO. The lowest BCUT2D eigenvalue weighted by atomic mass is 10.4. The van der Waals surface area contributed by atoms with Gasteiger partial charge in [0.25, 0.3) is 0 Å². The van der Waals surface area contributed by atoms with Crippen molar-refractivity contribution in [1.29, 1.82) is 5.26 Å². The third-order valence-electron chi connectivity index (χ3n) is 1.00. The minimum absolute atomic E-state index is 0.250. The van der Waals surface area contributed by atoms with Gasteiger partial charge in [-0.05, 0) is 13.3 Å². The summed E-state index contributed by atoms with van der Waals surface area (Å²) in [6.07, 6.45) is 4.33. The Bertz CT molecular complexity index is 207. The van der Waals surface area contributed by atoms with Crippen molar-refractivity contribution in [3.63, 3.8) is 0 Å². The van der Waals surface area contributed by atoms with Crippen molar-refractivity contribution in [2.24, 2.45) is 0 Å². The van der Waals surface area contributed by atoms with Crippen LogP contribution in [0.15, 0.2) is 25.3 Å². The molecule has 0 saturated carbocycles. The zero-order valence-corrected chi connectivity index (χ0v) is 10.1. The van der Waals surface area contributed by atoms with E-state index in [-0.39, 0.29) is 12.6 Å². The molecule has 4 nitrogen and oxygen atoms in total. The number of hydrogen-bond acceptors (Lipinski definition) is 4. The first-order valence-electron chi connectivity index (χ1n) is 5.04. The Morgan fingerprint density at radius 1 is 1.50 bits per heavy atom. The number of aliphatic hydroxyl groups excluding tert-OH is 1. The fraction of sp³-hybridized carbons (Fsp3) is 0.500. The molecule has 0 saturated heterocycles. The Morgan fingerprint density at radius 3 is 2.19 bits per heavy atom. The first-order valence-corrected chi connectivity index (χ1v) is 5.04. The van der Waals surface area contributed by atoms with Crippen LogP contribution in [0.1, 0.15) is 26.7 Å². The number of ether oxygens (including phenoxy) is 1. The lowest BCUT2D eigenvalue weighted by Gasteiger charge is -1.97. The monoisotopic (exact) mass is 227 g/mol. The van der Waals surface area contributed by atoms with Crippen LogP contribution in [0.25, 0.3) is 0 Å². The van der Waals surface area contributed by atoms with E-state index >= 15 is 0 Å². The molecule has 0 aromatic carbocycles. The molecule has 0 amide bonds. The number of unbranched alkanes of at least 4 members (excludes halogenated alkanes) is 1. The van der Waals surface area contributed by atoms with E-state index in [1.807, 2.05) is 6.92 Å². The normalized spacial score (nSPS) is 6.88. The van der Waals surface area contributed by atoms with Crippen molar-refractivity contribution in [2.45, 2.75) is 26.7 Å². The molecule has 16 heavy (non-hydrogen) atoms. The number of rotatable bonds is 4. The molecule has 0 heterocycles. The van der Waals surface area contributed by atoms with Crippen molar-refractivity contribution in [3.8, 4) is 6.07 Å². The third-order valence-corrected chi connectivity index (χ3v) is 1.00. The molecule has 0 bridgehead atoms. The average Bonchev–Trinajstić information content (AvgIpc) is 2.30. The first-order chi connectivity index (χ1) is 7.64. The van der Waals surface area contributed by atoms with Gasteiger partial charge in [-0.15, -0.1) is 0 Å². The maximum atomic E-state index is 10.3. The molecule has 0 fully saturated rings. The van der Waals surface area contributed by atoms with Crippen molar-refractivity contribution < 1.29 is 14.6 Å². The molecule has 1 N–H and O–H groups in total. The van der Waals surface area contributed by atoms with Crippen molar-refractivity contribution >= 4 is 5.97 Å². The summed E-state index contributed by atoms with van der Waals surface area (Å²) >= 11 is 0. The molecule has 0 aromatic rings. The largest absolute Gasteiger partial charge is 0.463 e. The minimum Gasteiger partial charge on any atom is -0.463 e. The number of carbonyl (C=O) groups is 1. The van der Waals surface area contributed by atoms with E-state index in [9.17, 15) is 4.79 Å². The van der Waals surface area contributed by atoms with Gasteiger partial charge >= 0.3 is 5.97 Å². The summed E-state index contributed by atoms with van der Waals surface area (Å²) in [6, 6.07) is 1.69. The van der Waals surface area contributed by atoms with E-state index in [0.717, 1.165) is 12.8 Å². The van der Waals surface area contributed by atoms with Crippen LogP contribution in [0.2, 0.25) is 0 Å². The maximum Gasteiger partial charge on any atom is 0.330 e. The van der Waals surface area contributed by atoms with Crippen molar-refractivity contribution in [1.82, 2.24) is 0 Å². The molecule has 0 aromatic heterocycles. The Labute approximate surface area is 97.8 Å². The summed E-state index contributed by atoms with van der Waals surface area (Å²) in [5.41, 5.74) is 0. The molecule has 0 aliphatic heterocycles. The van der Waals surface area contributed by atoms with E-state index in [2.05, 4.69) is 17.9 Å². The molecular weight excluding hydrogens is 206 g/mol. The predicted molar refractivity (Wildman–Crippen MR) is 64.6 cm³/mol. The van der Waals surface area contributed by atoms with Crippen LogP contribution >= 0.6 is 0 Å². The highest BCUT2D eigenvalue weighted by molar-refractivity contribution is 5.81. The fourth-order valence-electron chi connectivity index (χ4n) is 0.376. The summed E-state index contributed by atoms with van der Waals surface area (Å²) in [5.74, 6) is -0.330. The number of esters is 1. The van der Waals surface area contributed by atoms with Gasteiger partial charge in [0.2, 0.25) is 0 Å².